The van der Waals surface area contributed by atoms with Crippen molar-refractivity contribution >= 4 is 11.9 Å². The summed E-state index contributed by atoms with van der Waals surface area (Å²) in [7, 11) is 0. The lowest BCUT2D eigenvalue weighted by atomic mass is 10.1. The molecule has 2 heterocycles. The van der Waals surface area contributed by atoms with E-state index in [0.717, 1.165) is 30.9 Å². The van der Waals surface area contributed by atoms with Gasteiger partial charge in [-0.25, -0.2) is 14.8 Å². The highest BCUT2D eigenvalue weighted by molar-refractivity contribution is 5.68. The Morgan fingerprint density at radius 1 is 1.35 bits per heavy atom. The minimum absolute atomic E-state index is 0.195. The molecule has 0 aliphatic carbocycles. The predicted octanol–water partition coefficient (Wildman–Crippen LogP) is 2.87. The van der Waals surface area contributed by atoms with Crippen LogP contribution in [0.25, 0.3) is 0 Å². The smallest absolute Gasteiger partial charge is 0.410 e. The van der Waals surface area contributed by atoms with Gasteiger partial charge in [0.2, 0.25) is 0 Å². The summed E-state index contributed by atoms with van der Waals surface area (Å²) in [6.07, 6.45) is 3.42. The van der Waals surface area contributed by atoms with Crippen molar-refractivity contribution in [3.05, 3.63) is 18.1 Å². The van der Waals surface area contributed by atoms with E-state index in [1.165, 1.54) is 0 Å². The van der Waals surface area contributed by atoms with Gasteiger partial charge in [-0.05, 0) is 34.1 Å². The van der Waals surface area contributed by atoms with Crippen LogP contribution in [0.3, 0.4) is 0 Å². The average Bonchev–Trinajstić information content (AvgIpc) is 2.46. The topological polar surface area (TPSA) is 58.6 Å². The van der Waals surface area contributed by atoms with Crippen LogP contribution >= 0.6 is 0 Å². The first-order valence-electron chi connectivity index (χ1n) is 8.35. The van der Waals surface area contributed by atoms with Crippen molar-refractivity contribution < 1.29 is 9.53 Å². The van der Waals surface area contributed by atoms with E-state index in [1.807, 2.05) is 20.8 Å². The van der Waals surface area contributed by atoms with Gasteiger partial charge < -0.3 is 14.5 Å². The van der Waals surface area contributed by atoms with E-state index in [2.05, 4.69) is 34.8 Å². The van der Waals surface area contributed by atoms with E-state index in [4.69, 9.17) is 4.74 Å². The third-order valence-corrected chi connectivity index (χ3v) is 3.79. The SMILES string of the molecule is CCCc1cc(N2CCN(C(=O)OC(C)(C)C)C[C@@H]2C)ncn1. The van der Waals surface area contributed by atoms with Crippen molar-refractivity contribution in [3.8, 4) is 0 Å². The van der Waals surface area contributed by atoms with Gasteiger partial charge in [0, 0.05) is 37.4 Å². The number of carbonyl (C=O) groups is 1. The number of aryl methyl sites for hydroxylation is 1. The van der Waals surface area contributed by atoms with Crippen molar-refractivity contribution in [2.45, 2.75) is 59.1 Å². The van der Waals surface area contributed by atoms with E-state index in [9.17, 15) is 4.79 Å². The van der Waals surface area contributed by atoms with Gasteiger partial charge in [0.05, 0.1) is 0 Å². The summed E-state index contributed by atoms with van der Waals surface area (Å²) in [5.41, 5.74) is 0.610. The van der Waals surface area contributed by atoms with Crippen LogP contribution in [-0.2, 0) is 11.2 Å². The lowest BCUT2D eigenvalue weighted by molar-refractivity contribution is 0.0218. The predicted molar refractivity (Wildman–Crippen MR) is 90.6 cm³/mol. The molecule has 0 aromatic carbocycles. The van der Waals surface area contributed by atoms with Gasteiger partial charge in [-0.2, -0.15) is 0 Å². The van der Waals surface area contributed by atoms with Crippen molar-refractivity contribution in [2.75, 3.05) is 24.5 Å². The molecule has 23 heavy (non-hydrogen) atoms. The molecule has 6 heteroatoms. The Balaban J connectivity index is 2.01. The fourth-order valence-electron chi connectivity index (χ4n) is 2.73. The Hall–Kier alpha value is -1.85. The quantitative estimate of drug-likeness (QED) is 0.857. The largest absolute Gasteiger partial charge is 0.444 e. The number of amides is 1. The Labute approximate surface area is 138 Å². The molecule has 128 valence electrons. The molecule has 1 aromatic heterocycles. The maximum atomic E-state index is 12.2. The normalized spacial score (nSPS) is 18.9. The molecule has 1 aliphatic rings. The second-order valence-electron chi connectivity index (χ2n) is 7.09. The van der Waals surface area contributed by atoms with Crippen LogP contribution < -0.4 is 4.90 Å². The zero-order chi connectivity index (χ0) is 17.0. The highest BCUT2D eigenvalue weighted by Gasteiger charge is 2.30. The van der Waals surface area contributed by atoms with Crippen LogP contribution in [0, 0.1) is 0 Å². The molecule has 0 unspecified atom stereocenters. The number of anilines is 1. The van der Waals surface area contributed by atoms with Gasteiger partial charge in [-0.3, -0.25) is 0 Å². The molecular formula is C17H28N4O2. The maximum absolute atomic E-state index is 12.2. The standard InChI is InChI=1S/C17H28N4O2/c1-6-7-14-10-15(19-12-18-14)21-9-8-20(11-13(21)2)16(22)23-17(3,4)5/h10,12-13H,6-9,11H2,1-5H3/t13-/m0/s1. The van der Waals surface area contributed by atoms with Crippen molar-refractivity contribution in [1.29, 1.82) is 0 Å². The second kappa shape index (κ2) is 7.15. The van der Waals surface area contributed by atoms with Crippen LogP contribution in [0.4, 0.5) is 10.6 Å². The summed E-state index contributed by atoms with van der Waals surface area (Å²) in [6.45, 7) is 12.0. The van der Waals surface area contributed by atoms with Crippen molar-refractivity contribution in [2.24, 2.45) is 0 Å². The molecule has 1 atom stereocenters. The number of rotatable bonds is 3. The summed E-state index contributed by atoms with van der Waals surface area (Å²) in [6, 6.07) is 2.25. The number of hydrogen-bond acceptors (Lipinski definition) is 5. The van der Waals surface area contributed by atoms with E-state index in [0.29, 0.717) is 13.1 Å². The van der Waals surface area contributed by atoms with Crippen molar-refractivity contribution in [3.63, 3.8) is 0 Å². The first kappa shape index (κ1) is 17.5. The molecule has 0 N–H and O–H groups in total. The molecule has 0 spiro atoms. The molecule has 1 fully saturated rings. The highest BCUT2D eigenvalue weighted by atomic mass is 16.6. The zero-order valence-electron chi connectivity index (χ0n) is 14.9. The third kappa shape index (κ3) is 4.81. The van der Waals surface area contributed by atoms with Gasteiger partial charge in [0.25, 0.3) is 0 Å². The third-order valence-electron chi connectivity index (χ3n) is 3.79. The molecule has 1 aromatic rings. The molecule has 1 saturated heterocycles. The molecule has 0 bridgehead atoms. The summed E-state index contributed by atoms with van der Waals surface area (Å²) in [5, 5.41) is 0. The molecule has 6 nitrogen and oxygen atoms in total. The van der Waals surface area contributed by atoms with E-state index < -0.39 is 5.60 Å². The lowest BCUT2D eigenvalue weighted by Crippen LogP contribution is -2.54. The van der Waals surface area contributed by atoms with Gasteiger partial charge in [-0.15, -0.1) is 0 Å². The van der Waals surface area contributed by atoms with E-state index in [-0.39, 0.29) is 12.1 Å². The highest BCUT2D eigenvalue weighted by Crippen LogP contribution is 2.20. The van der Waals surface area contributed by atoms with Gasteiger partial charge in [0.1, 0.15) is 17.7 Å². The van der Waals surface area contributed by atoms with Crippen LogP contribution in [0.15, 0.2) is 12.4 Å². The minimum atomic E-state index is -0.459. The lowest BCUT2D eigenvalue weighted by Gasteiger charge is -2.40. The van der Waals surface area contributed by atoms with Crippen LogP contribution in [0.1, 0.15) is 46.7 Å². The molecule has 2 rings (SSSR count). The van der Waals surface area contributed by atoms with Gasteiger partial charge in [0.15, 0.2) is 0 Å². The van der Waals surface area contributed by atoms with Crippen molar-refractivity contribution in [1.82, 2.24) is 14.9 Å². The Bertz CT molecular complexity index is 542. The summed E-state index contributed by atoms with van der Waals surface area (Å²) < 4.78 is 5.46. The Kier molecular flexibility index (Phi) is 5.44. The first-order chi connectivity index (χ1) is 10.8. The number of piperazine rings is 1. The molecular weight excluding hydrogens is 292 g/mol. The number of hydrogen-bond donors (Lipinski definition) is 0. The van der Waals surface area contributed by atoms with Gasteiger partial charge >= 0.3 is 6.09 Å². The van der Waals surface area contributed by atoms with Crippen LogP contribution in [0.5, 0.6) is 0 Å². The monoisotopic (exact) mass is 320 g/mol. The zero-order valence-corrected chi connectivity index (χ0v) is 14.9. The minimum Gasteiger partial charge on any atom is -0.444 e. The summed E-state index contributed by atoms with van der Waals surface area (Å²) >= 11 is 0. The number of carbonyl (C=O) groups excluding carboxylic acids is 1. The van der Waals surface area contributed by atoms with Gasteiger partial charge in [-0.1, -0.05) is 13.3 Å². The maximum Gasteiger partial charge on any atom is 0.410 e. The molecule has 1 aliphatic heterocycles. The van der Waals surface area contributed by atoms with E-state index >= 15 is 0 Å². The number of aromatic nitrogens is 2. The molecule has 0 radical (unpaired) electrons. The van der Waals surface area contributed by atoms with E-state index in [1.54, 1.807) is 11.2 Å². The Morgan fingerprint density at radius 2 is 2.09 bits per heavy atom. The number of ether oxygens (including phenoxy) is 1. The summed E-state index contributed by atoms with van der Waals surface area (Å²) in [5.74, 6) is 0.944. The molecule has 0 saturated carbocycles. The summed E-state index contributed by atoms with van der Waals surface area (Å²) in [4.78, 5) is 24.9. The Morgan fingerprint density at radius 3 is 2.70 bits per heavy atom. The van der Waals surface area contributed by atoms with Crippen LogP contribution in [-0.4, -0.2) is 52.2 Å². The average molecular weight is 320 g/mol. The number of nitrogens with zero attached hydrogens (tertiary/aromatic N) is 4. The fraction of sp³-hybridized carbons (Fsp3) is 0.706. The second-order valence-corrected chi connectivity index (χ2v) is 7.09. The first-order valence-corrected chi connectivity index (χ1v) is 8.35. The molecule has 1 amide bonds. The van der Waals surface area contributed by atoms with Crippen LogP contribution in [0.2, 0.25) is 0 Å². The fourth-order valence-corrected chi connectivity index (χ4v) is 2.73.